The van der Waals surface area contributed by atoms with Crippen molar-refractivity contribution in [1.82, 2.24) is 15.2 Å². The van der Waals surface area contributed by atoms with Gasteiger partial charge in [-0.25, -0.2) is 4.79 Å². The van der Waals surface area contributed by atoms with Crippen molar-refractivity contribution in [1.29, 1.82) is 0 Å². The molecule has 5 nitrogen and oxygen atoms in total. The molecular weight excluding hydrogens is 298 g/mol. The molecule has 1 aromatic heterocycles. The number of aromatic nitrogens is 1. The predicted molar refractivity (Wildman–Crippen MR) is 71.1 cm³/mol. The molecule has 0 bridgehead atoms. The Bertz CT molecular complexity index is 404. The lowest BCUT2D eigenvalue weighted by Gasteiger charge is -2.32. The molecule has 1 aliphatic heterocycles. The van der Waals surface area contributed by atoms with Gasteiger partial charge in [-0.2, -0.15) is 0 Å². The molecule has 1 saturated heterocycles. The van der Waals surface area contributed by atoms with Crippen molar-refractivity contribution in [2.45, 2.75) is 6.04 Å². The van der Waals surface area contributed by atoms with E-state index in [-0.39, 0.29) is 5.97 Å². The maximum absolute atomic E-state index is 12.0. The number of nitrogens with one attached hydrogen (secondary N) is 1. The number of esters is 1. The first-order valence-corrected chi connectivity index (χ1v) is 6.65. The van der Waals surface area contributed by atoms with Crippen LogP contribution in [-0.2, 0) is 9.53 Å². The van der Waals surface area contributed by atoms with Gasteiger partial charge in [0.05, 0.1) is 12.8 Å². The fourth-order valence-electron chi connectivity index (χ4n) is 2.06. The van der Waals surface area contributed by atoms with Crippen LogP contribution in [0.5, 0.6) is 0 Å². The Morgan fingerprint density at radius 1 is 1.50 bits per heavy atom. The Morgan fingerprint density at radius 3 is 2.78 bits per heavy atom. The number of pyridine rings is 1. The van der Waals surface area contributed by atoms with E-state index in [9.17, 15) is 4.79 Å². The standard InChI is InChI=1S/C12H16BrN3O2/c1-18-12(17)11(16-6-4-14-5-7-16)10-3-2-9(13)8-15-10/h2-3,8,11,14H,4-7H2,1H3. The lowest BCUT2D eigenvalue weighted by Crippen LogP contribution is -2.47. The SMILES string of the molecule is COC(=O)C(c1ccc(Br)cn1)N1CCNCC1. The van der Waals surface area contributed by atoms with E-state index in [1.165, 1.54) is 7.11 Å². The number of carbonyl (C=O) groups excluding carboxylic acids is 1. The van der Waals surface area contributed by atoms with Crippen LogP contribution in [0, 0.1) is 0 Å². The van der Waals surface area contributed by atoms with Gasteiger partial charge in [0.2, 0.25) is 0 Å². The molecule has 1 aromatic rings. The van der Waals surface area contributed by atoms with E-state index in [0.29, 0.717) is 0 Å². The maximum Gasteiger partial charge on any atom is 0.329 e. The van der Waals surface area contributed by atoms with Gasteiger partial charge >= 0.3 is 5.97 Å². The zero-order valence-corrected chi connectivity index (χ0v) is 11.8. The molecule has 1 fully saturated rings. The molecule has 0 saturated carbocycles. The normalized spacial score (nSPS) is 18.3. The average molecular weight is 314 g/mol. The smallest absolute Gasteiger partial charge is 0.329 e. The Hall–Kier alpha value is -0.980. The molecule has 6 heteroatoms. The fourth-order valence-corrected chi connectivity index (χ4v) is 2.29. The lowest BCUT2D eigenvalue weighted by atomic mass is 10.1. The number of halogens is 1. The van der Waals surface area contributed by atoms with Gasteiger partial charge in [-0.15, -0.1) is 0 Å². The molecule has 0 aliphatic carbocycles. The van der Waals surface area contributed by atoms with E-state index in [1.54, 1.807) is 6.20 Å². The minimum Gasteiger partial charge on any atom is -0.468 e. The second kappa shape index (κ2) is 6.26. The summed E-state index contributed by atoms with van der Waals surface area (Å²) in [5.41, 5.74) is 0.729. The summed E-state index contributed by atoms with van der Waals surface area (Å²) >= 11 is 3.34. The molecule has 0 aromatic carbocycles. The minimum absolute atomic E-state index is 0.258. The van der Waals surface area contributed by atoms with E-state index in [2.05, 4.69) is 31.1 Å². The number of rotatable bonds is 3. The molecule has 98 valence electrons. The second-order valence-corrected chi connectivity index (χ2v) is 5.03. The summed E-state index contributed by atoms with van der Waals surface area (Å²) in [4.78, 5) is 18.4. The third kappa shape index (κ3) is 3.07. The summed E-state index contributed by atoms with van der Waals surface area (Å²) < 4.78 is 5.80. The molecule has 2 rings (SSSR count). The molecule has 18 heavy (non-hydrogen) atoms. The van der Waals surface area contributed by atoms with Crippen molar-refractivity contribution in [3.63, 3.8) is 0 Å². The summed E-state index contributed by atoms with van der Waals surface area (Å²) in [5, 5.41) is 3.27. The van der Waals surface area contributed by atoms with E-state index >= 15 is 0 Å². The Labute approximate surface area is 115 Å². The van der Waals surface area contributed by atoms with Crippen molar-refractivity contribution in [3.8, 4) is 0 Å². The van der Waals surface area contributed by atoms with Gasteiger partial charge in [-0.1, -0.05) is 0 Å². The number of ether oxygens (including phenoxy) is 1. The molecule has 1 unspecified atom stereocenters. The summed E-state index contributed by atoms with van der Waals surface area (Å²) in [5.74, 6) is -0.258. The summed E-state index contributed by atoms with van der Waals surface area (Å²) in [6, 6.07) is 3.33. The Balaban J connectivity index is 2.23. The Morgan fingerprint density at radius 2 is 2.22 bits per heavy atom. The zero-order chi connectivity index (χ0) is 13.0. The summed E-state index contributed by atoms with van der Waals surface area (Å²) in [6.07, 6.45) is 1.70. The largest absolute Gasteiger partial charge is 0.468 e. The van der Waals surface area contributed by atoms with Crippen LogP contribution >= 0.6 is 15.9 Å². The first kappa shape index (κ1) is 13.5. The van der Waals surface area contributed by atoms with Crippen LogP contribution < -0.4 is 5.32 Å². The molecule has 0 radical (unpaired) electrons. The van der Waals surface area contributed by atoms with Gasteiger partial charge in [-0.05, 0) is 28.1 Å². The zero-order valence-electron chi connectivity index (χ0n) is 10.2. The van der Waals surface area contributed by atoms with Crippen molar-refractivity contribution < 1.29 is 9.53 Å². The highest BCUT2D eigenvalue weighted by molar-refractivity contribution is 9.10. The highest BCUT2D eigenvalue weighted by Gasteiger charge is 2.30. The van der Waals surface area contributed by atoms with Gasteiger partial charge < -0.3 is 10.1 Å². The number of methoxy groups -OCH3 is 1. The molecule has 0 amide bonds. The monoisotopic (exact) mass is 313 g/mol. The van der Waals surface area contributed by atoms with Crippen molar-refractivity contribution in [2.75, 3.05) is 33.3 Å². The molecule has 1 N–H and O–H groups in total. The highest BCUT2D eigenvalue weighted by atomic mass is 79.9. The van der Waals surface area contributed by atoms with Gasteiger partial charge in [0, 0.05) is 36.8 Å². The number of nitrogens with zero attached hydrogens (tertiary/aromatic N) is 2. The van der Waals surface area contributed by atoms with E-state index in [4.69, 9.17) is 4.74 Å². The van der Waals surface area contributed by atoms with Crippen LogP contribution in [0.25, 0.3) is 0 Å². The second-order valence-electron chi connectivity index (χ2n) is 4.11. The van der Waals surface area contributed by atoms with Crippen molar-refractivity contribution in [2.24, 2.45) is 0 Å². The van der Waals surface area contributed by atoms with Crippen LogP contribution in [-0.4, -0.2) is 49.1 Å². The van der Waals surface area contributed by atoms with E-state index in [1.807, 2.05) is 12.1 Å². The maximum atomic E-state index is 12.0. The average Bonchev–Trinajstić information content (AvgIpc) is 2.42. The number of carbonyl (C=O) groups is 1. The quantitative estimate of drug-likeness (QED) is 0.843. The van der Waals surface area contributed by atoms with Crippen LogP contribution in [0.4, 0.5) is 0 Å². The van der Waals surface area contributed by atoms with Gasteiger partial charge in [-0.3, -0.25) is 9.88 Å². The van der Waals surface area contributed by atoms with Crippen molar-refractivity contribution in [3.05, 3.63) is 28.5 Å². The molecule has 1 atom stereocenters. The van der Waals surface area contributed by atoms with Crippen LogP contribution in [0.3, 0.4) is 0 Å². The first-order chi connectivity index (χ1) is 8.72. The topological polar surface area (TPSA) is 54.5 Å². The van der Waals surface area contributed by atoms with Crippen LogP contribution in [0.2, 0.25) is 0 Å². The highest BCUT2D eigenvalue weighted by Crippen LogP contribution is 2.22. The predicted octanol–water partition coefficient (Wildman–Crippen LogP) is 0.963. The lowest BCUT2D eigenvalue weighted by molar-refractivity contribution is -0.147. The molecular formula is C12H16BrN3O2. The third-order valence-electron chi connectivity index (χ3n) is 2.97. The van der Waals surface area contributed by atoms with Crippen LogP contribution in [0.1, 0.15) is 11.7 Å². The van der Waals surface area contributed by atoms with Crippen LogP contribution in [0.15, 0.2) is 22.8 Å². The third-order valence-corrected chi connectivity index (χ3v) is 3.44. The minimum atomic E-state index is -0.412. The molecule has 0 spiro atoms. The van der Waals surface area contributed by atoms with E-state index < -0.39 is 6.04 Å². The van der Waals surface area contributed by atoms with Gasteiger partial charge in [0.1, 0.15) is 0 Å². The van der Waals surface area contributed by atoms with Crippen molar-refractivity contribution >= 4 is 21.9 Å². The summed E-state index contributed by atoms with van der Waals surface area (Å²) in [6.45, 7) is 3.39. The van der Waals surface area contributed by atoms with E-state index in [0.717, 1.165) is 36.3 Å². The number of hydrogen-bond acceptors (Lipinski definition) is 5. The number of hydrogen-bond donors (Lipinski definition) is 1. The van der Waals surface area contributed by atoms with Gasteiger partial charge in [0.25, 0.3) is 0 Å². The number of piperazine rings is 1. The first-order valence-electron chi connectivity index (χ1n) is 5.86. The fraction of sp³-hybridized carbons (Fsp3) is 0.500. The Kier molecular flexibility index (Phi) is 4.68. The summed E-state index contributed by atoms with van der Waals surface area (Å²) in [7, 11) is 1.41. The molecule has 1 aliphatic rings. The molecule has 2 heterocycles. The van der Waals surface area contributed by atoms with Gasteiger partial charge in [0.15, 0.2) is 6.04 Å².